The number of hydrogen-bond donors (Lipinski definition) is 1. The van der Waals surface area contributed by atoms with E-state index >= 15 is 0 Å². The van der Waals surface area contributed by atoms with Crippen molar-refractivity contribution in [1.29, 1.82) is 0 Å². The second-order valence-corrected chi connectivity index (χ2v) is 6.12. The van der Waals surface area contributed by atoms with Crippen molar-refractivity contribution in [2.75, 3.05) is 18.0 Å². The zero-order chi connectivity index (χ0) is 16.1. The van der Waals surface area contributed by atoms with Gasteiger partial charge in [-0.3, -0.25) is 9.78 Å². The van der Waals surface area contributed by atoms with Gasteiger partial charge in [-0.25, -0.2) is 4.98 Å². The van der Waals surface area contributed by atoms with E-state index in [2.05, 4.69) is 27.1 Å². The SMILES string of the molecule is CC1CCN(c2ccc(C(=O)NCc3cccnc3)nc2)CC1. The quantitative estimate of drug-likeness (QED) is 0.943. The van der Waals surface area contributed by atoms with Gasteiger partial charge < -0.3 is 10.2 Å². The van der Waals surface area contributed by atoms with Gasteiger partial charge >= 0.3 is 0 Å². The molecule has 1 aliphatic heterocycles. The molecule has 0 atom stereocenters. The molecule has 2 aromatic rings. The second-order valence-electron chi connectivity index (χ2n) is 6.12. The Hall–Kier alpha value is -2.43. The number of piperidine rings is 1. The summed E-state index contributed by atoms with van der Waals surface area (Å²) in [5, 5.41) is 2.86. The monoisotopic (exact) mass is 310 g/mol. The first-order chi connectivity index (χ1) is 11.2. The largest absolute Gasteiger partial charge is 0.370 e. The number of rotatable bonds is 4. The predicted molar refractivity (Wildman–Crippen MR) is 90.3 cm³/mol. The maximum absolute atomic E-state index is 12.1. The van der Waals surface area contributed by atoms with Gasteiger partial charge in [0.25, 0.3) is 5.91 Å². The van der Waals surface area contributed by atoms with Crippen molar-refractivity contribution in [1.82, 2.24) is 15.3 Å². The molecule has 1 saturated heterocycles. The van der Waals surface area contributed by atoms with E-state index in [1.807, 2.05) is 18.2 Å². The maximum Gasteiger partial charge on any atom is 0.270 e. The Kier molecular flexibility index (Phi) is 4.86. The third-order valence-corrected chi connectivity index (χ3v) is 4.31. The minimum absolute atomic E-state index is 0.160. The summed E-state index contributed by atoms with van der Waals surface area (Å²) < 4.78 is 0. The molecule has 3 rings (SSSR count). The summed E-state index contributed by atoms with van der Waals surface area (Å²) in [6.07, 6.45) is 7.69. The van der Waals surface area contributed by atoms with E-state index in [0.717, 1.165) is 30.3 Å². The zero-order valence-corrected chi connectivity index (χ0v) is 13.4. The van der Waals surface area contributed by atoms with Crippen molar-refractivity contribution < 1.29 is 4.79 Å². The van der Waals surface area contributed by atoms with Crippen LogP contribution in [0.1, 0.15) is 35.8 Å². The van der Waals surface area contributed by atoms with Crippen LogP contribution in [0.4, 0.5) is 5.69 Å². The highest BCUT2D eigenvalue weighted by atomic mass is 16.1. The Balaban J connectivity index is 1.57. The first-order valence-electron chi connectivity index (χ1n) is 8.10. The maximum atomic E-state index is 12.1. The lowest BCUT2D eigenvalue weighted by Crippen LogP contribution is -2.33. The van der Waals surface area contributed by atoms with Gasteiger partial charge in [0, 0.05) is 32.0 Å². The number of aromatic nitrogens is 2. The fourth-order valence-corrected chi connectivity index (χ4v) is 2.75. The second kappa shape index (κ2) is 7.22. The van der Waals surface area contributed by atoms with E-state index in [0.29, 0.717) is 12.2 Å². The number of nitrogens with one attached hydrogen (secondary N) is 1. The number of nitrogens with zero attached hydrogens (tertiary/aromatic N) is 3. The van der Waals surface area contributed by atoms with Crippen LogP contribution in [-0.4, -0.2) is 29.0 Å². The van der Waals surface area contributed by atoms with Crippen molar-refractivity contribution in [2.24, 2.45) is 5.92 Å². The molecule has 1 amide bonds. The topological polar surface area (TPSA) is 58.1 Å². The number of carbonyl (C=O) groups is 1. The van der Waals surface area contributed by atoms with E-state index in [1.165, 1.54) is 12.8 Å². The summed E-state index contributed by atoms with van der Waals surface area (Å²) in [5.74, 6) is 0.643. The predicted octanol–water partition coefficient (Wildman–Crippen LogP) is 2.64. The molecule has 2 aromatic heterocycles. The Labute approximate surface area is 136 Å². The molecule has 5 heteroatoms. The summed E-state index contributed by atoms with van der Waals surface area (Å²) in [6.45, 7) is 4.89. The van der Waals surface area contributed by atoms with Crippen LogP contribution in [0.3, 0.4) is 0 Å². The summed E-state index contributed by atoms with van der Waals surface area (Å²) in [5.41, 5.74) is 2.52. The third kappa shape index (κ3) is 4.06. The van der Waals surface area contributed by atoms with Gasteiger partial charge in [-0.15, -0.1) is 0 Å². The minimum atomic E-state index is -0.160. The molecule has 120 valence electrons. The molecule has 5 nitrogen and oxygen atoms in total. The van der Waals surface area contributed by atoms with E-state index < -0.39 is 0 Å². The fourth-order valence-electron chi connectivity index (χ4n) is 2.75. The summed E-state index contributed by atoms with van der Waals surface area (Å²) in [6, 6.07) is 7.57. The van der Waals surface area contributed by atoms with Crippen molar-refractivity contribution in [3.05, 3.63) is 54.1 Å². The van der Waals surface area contributed by atoms with E-state index in [9.17, 15) is 4.79 Å². The van der Waals surface area contributed by atoms with Crippen LogP contribution in [0.5, 0.6) is 0 Å². The van der Waals surface area contributed by atoms with Crippen molar-refractivity contribution in [2.45, 2.75) is 26.3 Å². The Morgan fingerprint density at radius 1 is 1.26 bits per heavy atom. The number of pyridine rings is 2. The van der Waals surface area contributed by atoms with Gasteiger partial charge in [0.05, 0.1) is 11.9 Å². The lowest BCUT2D eigenvalue weighted by atomic mass is 9.99. The van der Waals surface area contributed by atoms with E-state index in [4.69, 9.17) is 0 Å². The average Bonchev–Trinajstić information content (AvgIpc) is 2.61. The molecule has 0 aromatic carbocycles. The molecule has 0 saturated carbocycles. The summed E-state index contributed by atoms with van der Waals surface area (Å²) >= 11 is 0. The fraction of sp³-hybridized carbons (Fsp3) is 0.389. The first kappa shape index (κ1) is 15.5. The number of amides is 1. The lowest BCUT2D eigenvalue weighted by Gasteiger charge is -2.31. The van der Waals surface area contributed by atoms with Gasteiger partial charge in [-0.05, 0) is 42.5 Å². The first-order valence-corrected chi connectivity index (χ1v) is 8.10. The number of hydrogen-bond acceptors (Lipinski definition) is 4. The van der Waals surface area contributed by atoms with E-state index in [1.54, 1.807) is 24.7 Å². The van der Waals surface area contributed by atoms with E-state index in [-0.39, 0.29) is 5.91 Å². The molecular weight excluding hydrogens is 288 g/mol. The van der Waals surface area contributed by atoms with Crippen LogP contribution in [0, 0.1) is 5.92 Å². The van der Waals surface area contributed by atoms with Gasteiger partial charge in [0.1, 0.15) is 5.69 Å². The molecule has 0 aliphatic carbocycles. The van der Waals surface area contributed by atoms with Gasteiger partial charge in [0.15, 0.2) is 0 Å². The van der Waals surface area contributed by atoms with Crippen LogP contribution in [-0.2, 0) is 6.54 Å². The van der Waals surface area contributed by atoms with Crippen molar-refractivity contribution in [3.63, 3.8) is 0 Å². The molecule has 1 fully saturated rings. The number of anilines is 1. The average molecular weight is 310 g/mol. The molecule has 3 heterocycles. The zero-order valence-electron chi connectivity index (χ0n) is 13.4. The molecule has 0 bridgehead atoms. The lowest BCUT2D eigenvalue weighted by molar-refractivity contribution is 0.0946. The van der Waals surface area contributed by atoms with Gasteiger partial charge in [0.2, 0.25) is 0 Å². The van der Waals surface area contributed by atoms with Crippen LogP contribution in [0.15, 0.2) is 42.9 Å². The van der Waals surface area contributed by atoms with Crippen LogP contribution in [0.2, 0.25) is 0 Å². The Bertz CT molecular complexity index is 634. The normalized spacial score (nSPS) is 15.4. The number of carbonyl (C=O) groups excluding carboxylic acids is 1. The summed E-state index contributed by atoms with van der Waals surface area (Å²) in [7, 11) is 0. The highest BCUT2D eigenvalue weighted by molar-refractivity contribution is 5.92. The Morgan fingerprint density at radius 3 is 2.74 bits per heavy atom. The molecule has 0 radical (unpaired) electrons. The molecule has 1 aliphatic rings. The standard InChI is InChI=1S/C18H22N4O/c1-14-6-9-22(10-7-14)16-4-5-17(20-13-16)18(23)21-12-15-3-2-8-19-11-15/h2-5,8,11,13-14H,6-7,9-10,12H2,1H3,(H,21,23). The molecule has 0 spiro atoms. The van der Waals surface area contributed by atoms with Gasteiger partial charge in [-0.2, -0.15) is 0 Å². The van der Waals surface area contributed by atoms with Crippen LogP contribution in [0.25, 0.3) is 0 Å². The third-order valence-electron chi connectivity index (χ3n) is 4.31. The minimum Gasteiger partial charge on any atom is -0.370 e. The van der Waals surface area contributed by atoms with Crippen molar-refractivity contribution >= 4 is 11.6 Å². The molecule has 1 N–H and O–H groups in total. The molecular formula is C18H22N4O. The summed E-state index contributed by atoms with van der Waals surface area (Å²) in [4.78, 5) is 22.8. The van der Waals surface area contributed by atoms with Crippen LogP contribution >= 0.6 is 0 Å². The highest BCUT2D eigenvalue weighted by Crippen LogP contribution is 2.22. The highest BCUT2D eigenvalue weighted by Gasteiger charge is 2.16. The Morgan fingerprint density at radius 2 is 2.09 bits per heavy atom. The van der Waals surface area contributed by atoms with Crippen molar-refractivity contribution in [3.8, 4) is 0 Å². The van der Waals surface area contributed by atoms with Crippen LogP contribution < -0.4 is 10.2 Å². The molecule has 23 heavy (non-hydrogen) atoms. The molecule has 0 unspecified atom stereocenters. The smallest absolute Gasteiger partial charge is 0.270 e. The van der Waals surface area contributed by atoms with Gasteiger partial charge in [-0.1, -0.05) is 13.0 Å².